The van der Waals surface area contributed by atoms with Crippen molar-refractivity contribution in [3.05, 3.63) is 59.7 Å². The molecule has 36 heavy (non-hydrogen) atoms. The molecule has 1 aromatic carbocycles. The van der Waals surface area contributed by atoms with E-state index in [0.29, 0.717) is 41.5 Å². The predicted molar refractivity (Wildman–Crippen MR) is 137 cm³/mol. The Kier molecular flexibility index (Phi) is 6.81. The van der Waals surface area contributed by atoms with Gasteiger partial charge in [0.1, 0.15) is 23.1 Å². The Morgan fingerprint density at radius 1 is 1.03 bits per heavy atom. The molecular formula is C25H30FN9O. The van der Waals surface area contributed by atoms with Gasteiger partial charge in [0.2, 0.25) is 5.95 Å². The summed E-state index contributed by atoms with van der Waals surface area (Å²) in [6.45, 7) is 8.28. The summed E-state index contributed by atoms with van der Waals surface area (Å²) in [6.07, 6.45) is 0. The summed E-state index contributed by atoms with van der Waals surface area (Å²) in [5.41, 5.74) is 2.47. The summed E-state index contributed by atoms with van der Waals surface area (Å²) < 4.78 is 18.7. The van der Waals surface area contributed by atoms with Crippen LogP contribution in [0.4, 0.5) is 27.8 Å². The van der Waals surface area contributed by atoms with Gasteiger partial charge in [-0.1, -0.05) is 19.0 Å². The van der Waals surface area contributed by atoms with Gasteiger partial charge in [-0.15, -0.1) is 0 Å². The minimum Gasteiger partial charge on any atom is -0.359 e. The summed E-state index contributed by atoms with van der Waals surface area (Å²) in [5, 5.41) is 18.1. The summed E-state index contributed by atoms with van der Waals surface area (Å²) >= 11 is 0. The number of aromatic amines is 1. The quantitative estimate of drug-likeness (QED) is 0.333. The number of hydrogen-bond acceptors (Lipinski definition) is 9. The number of nitrogens with one attached hydrogen (secondary N) is 3. The zero-order chi connectivity index (χ0) is 25.1. The molecule has 188 valence electrons. The number of aromatic nitrogens is 5. The second kappa shape index (κ2) is 10.3. The van der Waals surface area contributed by atoms with E-state index >= 15 is 0 Å². The molecule has 11 heteroatoms. The zero-order valence-corrected chi connectivity index (χ0v) is 20.6. The van der Waals surface area contributed by atoms with Crippen LogP contribution in [0.15, 0.2) is 47.0 Å². The van der Waals surface area contributed by atoms with Crippen LogP contribution in [0.2, 0.25) is 0 Å². The second-order valence-electron chi connectivity index (χ2n) is 9.25. The molecule has 3 N–H and O–H groups in total. The molecule has 0 bridgehead atoms. The lowest BCUT2D eigenvalue weighted by atomic mass is 10.1. The molecule has 0 aliphatic carbocycles. The van der Waals surface area contributed by atoms with Crippen LogP contribution in [0, 0.1) is 5.82 Å². The Morgan fingerprint density at radius 3 is 2.53 bits per heavy atom. The number of likely N-dealkylation sites (N-methyl/N-ethyl adjacent to an activating group) is 1. The standard InChI is InChI=1S/C25H30FN9O/c1-16(2)20-13-23(32-31-20)28-22-14-24(35-10-8-34(3)9-11-35)30-25(29-22)27-15-19-12-21(33-36-19)17-4-6-18(26)7-5-17/h4-7,12-14,16H,8-11,15H2,1-3H3,(H3,27,28,29,30,31,32). The first-order valence-electron chi connectivity index (χ1n) is 12.0. The summed E-state index contributed by atoms with van der Waals surface area (Å²) in [6, 6.07) is 11.9. The number of halogens is 1. The third-order valence-electron chi connectivity index (χ3n) is 6.14. The van der Waals surface area contributed by atoms with Gasteiger partial charge < -0.3 is 25.0 Å². The van der Waals surface area contributed by atoms with Crippen molar-refractivity contribution in [1.82, 2.24) is 30.2 Å². The van der Waals surface area contributed by atoms with Crippen LogP contribution in [0.5, 0.6) is 0 Å². The van der Waals surface area contributed by atoms with Gasteiger partial charge in [0.05, 0.1) is 6.54 Å². The highest BCUT2D eigenvalue weighted by Gasteiger charge is 2.18. The first-order valence-corrected chi connectivity index (χ1v) is 12.0. The van der Waals surface area contributed by atoms with Crippen molar-refractivity contribution in [2.45, 2.75) is 26.3 Å². The molecule has 0 radical (unpaired) electrons. The summed E-state index contributed by atoms with van der Waals surface area (Å²) in [7, 11) is 2.12. The van der Waals surface area contributed by atoms with E-state index < -0.39 is 0 Å². The molecule has 4 aromatic rings. The summed E-state index contributed by atoms with van der Waals surface area (Å²) in [5.74, 6) is 3.33. The van der Waals surface area contributed by atoms with Gasteiger partial charge in [0.15, 0.2) is 11.6 Å². The normalized spacial score (nSPS) is 14.4. The maximum Gasteiger partial charge on any atom is 0.227 e. The Balaban J connectivity index is 1.34. The number of anilines is 4. The molecule has 1 saturated heterocycles. The van der Waals surface area contributed by atoms with Gasteiger partial charge in [-0.3, -0.25) is 5.10 Å². The van der Waals surface area contributed by atoms with Crippen LogP contribution in [0.25, 0.3) is 11.3 Å². The van der Waals surface area contributed by atoms with Crippen molar-refractivity contribution < 1.29 is 8.91 Å². The smallest absolute Gasteiger partial charge is 0.227 e. The fraction of sp³-hybridized carbons (Fsp3) is 0.360. The van der Waals surface area contributed by atoms with Gasteiger partial charge in [0.25, 0.3) is 0 Å². The SMILES string of the molecule is CC(C)c1cc(Nc2cc(N3CCN(C)CC3)nc(NCc3cc(-c4ccc(F)cc4)no3)n2)n[nH]1. The van der Waals surface area contributed by atoms with Gasteiger partial charge in [-0.25, -0.2) is 4.39 Å². The van der Waals surface area contributed by atoms with Gasteiger partial charge in [0, 0.05) is 55.6 Å². The van der Waals surface area contributed by atoms with E-state index in [1.54, 1.807) is 12.1 Å². The van der Waals surface area contributed by atoms with Gasteiger partial charge in [-0.2, -0.15) is 15.1 Å². The molecule has 5 rings (SSSR count). The number of piperazine rings is 1. The molecule has 1 fully saturated rings. The van der Waals surface area contributed by atoms with Crippen molar-refractivity contribution in [3.8, 4) is 11.3 Å². The average molecular weight is 492 g/mol. The number of rotatable bonds is 8. The average Bonchev–Trinajstić information content (AvgIpc) is 3.54. The lowest BCUT2D eigenvalue weighted by Gasteiger charge is -2.33. The first-order chi connectivity index (χ1) is 17.4. The van der Waals surface area contributed by atoms with Crippen molar-refractivity contribution in [2.75, 3.05) is 48.8 Å². The number of H-pyrrole nitrogens is 1. The van der Waals surface area contributed by atoms with Crippen LogP contribution in [-0.4, -0.2) is 63.4 Å². The van der Waals surface area contributed by atoms with Crippen LogP contribution in [-0.2, 0) is 6.54 Å². The van der Waals surface area contributed by atoms with Gasteiger partial charge >= 0.3 is 0 Å². The largest absolute Gasteiger partial charge is 0.359 e. The molecule has 1 aliphatic rings. The van der Waals surface area contributed by atoms with Crippen LogP contribution in [0.3, 0.4) is 0 Å². The van der Waals surface area contributed by atoms with E-state index in [1.165, 1.54) is 12.1 Å². The fourth-order valence-corrected chi connectivity index (χ4v) is 3.92. The Labute approximate surface area is 208 Å². The Hall–Kier alpha value is -3.99. The lowest BCUT2D eigenvalue weighted by Crippen LogP contribution is -2.44. The molecule has 4 heterocycles. The van der Waals surface area contributed by atoms with Crippen LogP contribution < -0.4 is 15.5 Å². The van der Waals surface area contributed by atoms with Crippen molar-refractivity contribution in [1.29, 1.82) is 0 Å². The molecule has 0 unspecified atom stereocenters. The van der Waals surface area contributed by atoms with E-state index in [2.05, 4.69) is 61.7 Å². The van der Waals surface area contributed by atoms with E-state index in [-0.39, 0.29) is 5.82 Å². The van der Waals surface area contributed by atoms with Gasteiger partial charge in [-0.05, 0) is 37.2 Å². The molecule has 10 nitrogen and oxygen atoms in total. The predicted octanol–water partition coefficient (Wildman–Crippen LogP) is 4.22. The monoisotopic (exact) mass is 491 g/mol. The lowest BCUT2D eigenvalue weighted by molar-refractivity contribution is 0.312. The van der Waals surface area contributed by atoms with Crippen molar-refractivity contribution >= 4 is 23.4 Å². The van der Waals surface area contributed by atoms with Crippen molar-refractivity contribution in [2.24, 2.45) is 0 Å². The van der Waals surface area contributed by atoms with Crippen LogP contribution in [0.1, 0.15) is 31.2 Å². The van der Waals surface area contributed by atoms with E-state index in [1.807, 2.05) is 18.2 Å². The minimum atomic E-state index is -0.291. The Bertz CT molecular complexity index is 1290. The van der Waals surface area contributed by atoms with E-state index in [0.717, 1.165) is 43.3 Å². The third kappa shape index (κ3) is 5.62. The number of benzene rings is 1. The molecule has 0 saturated carbocycles. The van der Waals surface area contributed by atoms with Crippen molar-refractivity contribution in [3.63, 3.8) is 0 Å². The Morgan fingerprint density at radius 2 is 1.81 bits per heavy atom. The number of nitrogens with zero attached hydrogens (tertiary/aromatic N) is 6. The fourth-order valence-electron chi connectivity index (χ4n) is 3.92. The highest BCUT2D eigenvalue weighted by atomic mass is 19.1. The molecule has 1 aliphatic heterocycles. The maximum absolute atomic E-state index is 13.2. The molecule has 0 amide bonds. The molecular weight excluding hydrogens is 461 g/mol. The molecule has 3 aromatic heterocycles. The zero-order valence-electron chi connectivity index (χ0n) is 20.6. The van der Waals surface area contributed by atoms with E-state index in [9.17, 15) is 4.39 Å². The third-order valence-corrected chi connectivity index (χ3v) is 6.14. The highest BCUT2D eigenvalue weighted by Crippen LogP contribution is 2.24. The molecule has 0 spiro atoms. The number of hydrogen-bond donors (Lipinski definition) is 3. The van der Waals surface area contributed by atoms with E-state index in [4.69, 9.17) is 9.51 Å². The summed E-state index contributed by atoms with van der Waals surface area (Å²) in [4.78, 5) is 14.0. The second-order valence-corrected chi connectivity index (χ2v) is 9.25. The first kappa shape index (κ1) is 23.7. The topological polar surface area (TPSA) is 111 Å². The van der Waals surface area contributed by atoms with Crippen LogP contribution >= 0.6 is 0 Å². The highest BCUT2D eigenvalue weighted by molar-refractivity contribution is 5.61. The molecule has 0 atom stereocenters. The minimum absolute atomic E-state index is 0.291. The maximum atomic E-state index is 13.2.